The van der Waals surface area contributed by atoms with Crippen molar-refractivity contribution in [1.82, 2.24) is 19.9 Å². The molecule has 0 saturated carbocycles. The van der Waals surface area contributed by atoms with Crippen LogP contribution in [0.25, 0.3) is 0 Å². The van der Waals surface area contributed by atoms with Gasteiger partial charge in [0.05, 0.1) is 11.9 Å². The molecule has 0 atom stereocenters. The minimum atomic E-state index is -0.899. The Hall–Kier alpha value is -1.43. The van der Waals surface area contributed by atoms with Crippen molar-refractivity contribution in [2.75, 3.05) is 13.1 Å². The molecule has 82 valence electrons. The summed E-state index contributed by atoms with van der Waals surface area (Å²) in [5.41, 5.74) is 0.836. The van der Waals surface area contributed by atoms with Crippen molar-refractivity contribution >= 4 is 5.97 Å². The van der Waals surface area contributed by atoms with Gasteiger partial charge in [0.25, 0.3) is 0 Å². The first-order chi connectivity index (χ1) is 7.13. The van der Waals surface area contributed by atoms with Crippen molar-refractivity contribution in [3.05, 3.63) is 11.9 Å². The number of likely N-dealkylation sites (tertiary alicyclic amines) is 1. The summed E-state index contributed by atoms with van der Waals surface area (Å²) in [5, 5.41) is 16.2. The van der Waals surface area contributed by atoms with Gasteiger partial charge in [-0.25, -0.2) is 4.68 Å². The van der Waals surface area contributed by atoms with Gasteiger partial charge >= 0.3 is 5.97 Å². The van der Waals surface area contributed by atoms with Gasteiger partial charge in [0.1, 0.15) is 6.54 Å². The highest BCUT2D eigenvalue weighted by Crippen LogP contribution is 2.16. The van der Waals surface area contributed by atoms with E-state index in [9.17, 15) is 4.79 Å². The minimum absolute atomic E-state index is 0.122. The maximum absolute atomic E-state index is 10.4. The molecular formula is C9H14N4O2. The molecule has 0 radical (unpaired) electrons. The van der Waals surface area contributed by atoms with E-state index in [0.717, 1.165) is 31.2 Å². The molecule has 0 aliphatic carbocycles. The number of carbonyl (C=O) groups is 1. The van der Waals surface area contributed by atoms with Crippen molar-refractivity contribution in [2.45, 2.75) is 20.0 Å². The number of aliphatic carboxylic acids is 1. The van der Waals surface area contributed by atoms with Gasteiger partial charge in [0.2, 0.25) is 0 Å². The quantitative estimate of drug-likeness (QED) is 0.746. The molecule has 1 aliphatic rings. The number of rotatable bonds is 4. The van der Waals surface area contributed by atoms with E-state index in [1.54, 1.807) is 6.20 Å². The van der Waals surface area contributed by atoms with Crippen LogP contribution in [-0.2, 0) is 17.9 Å². The summed E-state index contributed by atoms with van der Waals surface area (Å²) in [6, 6.07) is 0. The predicted molar refractivity (Wildman–Crippen MR) is 52.1 cm³/mol. The summed E-state index contributed by atoms with van der Waals surface area (Å²) in [5.74, 6) is -0.136. The fourth-order valence-corrected chi connectivity index (χ4v) is 1.81. The van der Waals surface area contributed by atoms with Crippen LogP contribution >= 0.6 is 0 Å². The molecule has 6 nitrogen and oxygen atoms in total. The lowest BCUT2D eigenvalue weighted by Gasteiger charge is -2.36. The summed E-state index contributed by atoms with van der Waals surface area (Å²) in [6.07, 6.45) is 1.69. The molecule has 0 amide bonds. The Morgan fingerprint density at radius 1 is 1.67 bits per heavy atom. The highest BCUT2D eigenvalue weighted by molar-refractivity contribution is 5.66. The van der Waals surface area contributed by atoms with Gasteiger partial charge in [0.15, 0.2) is 0 Å². The second-order valence-electron chi connectivity index (χ2n) is 4.10. The zero-order valence-corrected chi connectivity index (χ0v) is 8.63. The maximum Gasteiger partial charge on any atom is 0.325 e. The molecule has 1 fully saturated rings. The third kappa shape index (κ3) is 2.53. The third-order valence-corrected chi connectivity index (χ3v) is 2.41. The van der Waals surface area contributed by atoms with Crippen LogP contribution in [0.1, 0.15) is 12.6 Å². The van der Waals surface area contributed by atoms with Crippen molar-refractivity contribution < 1.29 is 9.90 Å². The monoisotopic (exact) mass is 210 g/mol. The topological polar surface area (TPSA) is 71.2 Å². The SMILES string of the molecule is CC1CN(Cc2cn(CC(=O)O)nn2)C1. The average molecular weight is 210 g/mol. The Balaban J connectivity index is 1.87. The molecule has 0 unspecified atom stereocenters. The van der Waals surface area contributed by atoms with Gasteiger partial charge in [0, 0.05) is 19.6 Å². The fourth-order valence-electron chi connectivity index (χ4n) is 1.81. The van der Waals surface area contributed by atoms with Crippen molar-refractivity contribution in [3.63, 3.8) is 0 Å². The molecule has 1 aromatic rings. The van der Waals surface area contributed by atoms with Gasteiger partial charge in [-0.3, -0.25) is 9.69 Å². The van der Waals surface area contributed by atoms with Crippen LogP contribution in [0.2, 0.25) is 0 Å². The normalized spacial score (nSPS) is 17.7. The molecular weight excluding hydrogens is 196 g/mol. The molecule has 0 aromatic carbocycles. The Morgan fingerprint density at radius 2 is 2.40 bits per heavy atom. The molecule has 1 aromatic heterocycles. The average Bonchev–Trinajstić information content (AvgIpc) is 2.48. The number of carboxylic acids is 1. The first-order valence-corrected chi connectivity index (χ1v) is 4.96. The van der Waals surface area contributed by atoms with Gasteiger partial charge in [-0.15, -0.1) is 5.10 Å². The van der Waals surface area contributed by atoms with Gasteiger partial charge < -0.3 is 5.11 Å². The molecule has 2 heterocycles. The van der Waals surface area contributed by atoms with E-state index >= 15 is 0 Å². The number of nitrogens with zero attached hydrogens (tertiary/aromatic N) is 4. The van der Waals surface area contributed by atoms with E-state index in [0.29, 0.717) is 0 Å². The second-order valence-corrected chi connectivity index (χ2v) is 4.10. The first kappa shape index (κ1) is 10.1. The van der Waals surface area contributed by atoms with E-state index < -0.39 is 5.97 Å². The van der Waals surface area contributed by atoms with Gasteiger partial charge in [-0.1, -0.05) is 12.1 Å². The molecule has 0 bridgehead atoms. The van der Waals surface area contributed by atoms with Crippen molar-refractivity contribution in [3.8, 4) is 0 Å². The van der Waals surface area contributed by atoms with E-state index in [4.69, 9.17) is 5.11 Å². The van der Waals surface area contributed by atoms with E-state index in [-0.39, 0.29) is 6.54 Å². The van der Waals surface area contributed by atoms with Crippen LogP contribution in [0.5, 0.6) is 0 Å². The standard InChI is InChI=1S/C9H14N4O2/c1-7-2-12(3-7)4-8-5-13(11-10-8)6-9(14)15/h5,7H,2-4,6H2,1H3,(H,14,15). The summed E-state index contributed by atoms with van der Waals surface area (Å²) in [7, 11) is 0. The van der Waals surface area contributed by atoms with Crippen LogP contribution in [0.4, 0.5) is 0 Å². The Kier molecular flexibility index (Phi) is 2.68. The van der Waals surface area contributed by atoms with Gasteiger partial charge in [-0.2, -0.15) is 0 Å². The summed E-state index contributed by atoms with van der Waals surface area (Å²) < 4.78 is 1.35. The largest absolute Gasteiger partial charge is 0.480 e. The van der Waals surface area contributed by atoms with E-state index in [1.807, 2.05) is 0 Å². The van der Waals surface area contributed by atoms with Crippen molar-refractivity contribution in [2.24, 2.45) is 5.92 Å². The van der Waals surface area contributed by atoms with Gasteiger partial charge in [-0.05, 0) is 5.92 Å². The molecule has 15 heavy (non-hydrogen) atoms. The van der Waals surface area contributed by atoms with Crippen LogP contribution < -0.4 is 0 Å². The van der Waals surface area contributed by atoms with Crippen LogP contribution in [0, 0.1) is 5.92 Å². The zero-order valence-electron chi connectivity index (χ0n) is 8.63. The lowest BCUT2D eigenvalue weighted by atomic mass is 10.0. The number of hydrogen-bond acceptors (Lipinski definition) is 4. The molecule has 1 aliphatic heterocycles. The molecule has 1 saturated heterocycles. The highest BCUT2D eigenvalue weighted by Gasteiger charge is 2.23. The maximum atomic E-state index is 10.4. The Labute approximate surface area is 87.5 Å². The predicted octanol–water partition coefficient (Wildman–Crippen LogP) is -0.186. The number of aromatic nitrogens is 3. The van der Waals surface area contributed by atoms with Crippen LogP contribution in [0.15, 0.2) is 6.20 Å². The molecule has 1 N–H and O–H groups in total. The fraction of sp³-hybridized carbons (Fsp3) is 0.667. The lowest BCUT2D eigenvalue weighted by Crippen LogP contribution is -2.44. The minimum Gasteiger partial charge on any atom is -0.480 e. The molecule has 2 rings (SSSR count). The summed E-state index contributed by atoms with van der Waals surface area (Å²) in [6.45, 7) is 5.03. The van der Waals surface area contributed by atoms with Crippen LogP contribution in [-0.4, -0.2) is 44.1 Å². The lowest BCUT2D eigenvalue weighted by molar-refractivity contribution is -0.137. The second kappa shape index (κ2) is 3.98. The Morgan fingerprint density at radius 3 is 3.00 bits per heavy atom. The molecule has 0 spiro atoms. The third-order valence-electron chi connectivity index (χ3n) is 2.41. The number of hydrogen-bond donors (Lipinski definition) is 1. The first-order valence-electron chi connectivity index (χ1n) is 4.96. The smallest absolute Gasteiger partial charge is 0.325 e. The summed E-state index contributed by atoms with van der Waals surface area (Å²) >= 11 is 0. The Bertz CT molecular complexity index is 357. The number of carboxylic acid groups (broad SMARTS) is 1. The van der Waals surface area contributed by atoms with E-state index in [2.05, 4.69) is 22.1 Å². The summed E-state index contributed by atoms with van der Waals surface area (Å²) in [4.78, 5) is 12.7. The van der Waals surface area contributed by atoms with E-state index in [1.165, 1.54) is 4.68 Å². The zero-order chi connectivity index (χ0) is 10.8. The molecule has 6 heteroatoms. The van der Waals surface area contributed by atoms with Crippen molar-refractivity contribution in [1.29, 1.82) is 0 Å². The van der Waals surface area contributed by atoms with Crippen LogP contribution in [0.3, 0.4) is 0 Å². The highest BCUT2D eigenvalue weighted by atomic mass is 16.4.